The standard InChI is InChI=1S/C19H22N4O5S/c24-18(14-3-8-27-9-4-14)23-11-19(12-23)15(5-10-29(19,25)26)17-21-16(22-28-17)13-1-6-20-7-2-13/h1-2,6-7,14-15H,3-5,8-12H2. The lowest BCUT2D eigenvalue weighted by Crippen LogP contribution is -2.68. The molecule has 29 heavy (non-hydrogen) atoms. The first-order valence-electron chi connectivity index (χ1n) is 9.83. The molecule has 3 aliphatic rings. The molecule has 2 aromatic rings. The minimum Gasteiger partial charge on any atom is -0.381 e. The first-order valence-corrected chi connectivity index (χ1v) is 11.5. The molecule has 2 aromatic heterocycles. The Morgan fingerprint density at radius 3 is 2.59 bits per heavy atom. The summed E-state index contributed by atoms with van der Waals surface area (Å²) in [7, 11) is -3.36. The van der Waals surface area contributed by atoms with E-state index in [4.69, 9.17) is 9.26 Å². The third-order valence-corrected chi connectivity index (χ3v) is 8.96. The Bertz CT molecular complexity index is 1010. The monoisotopic (exact) mass is 418 g/mol. The van der Waals surface area contributed by atoms with Crippen LogP contribution in [0.2, 0.25) is 0 Å². The second-order valence-corrected chi connectivity index (χ2v) is 10.4. The number of likely N-dealkylation sites (tertiary alicyclic amines) is 1. The van der Waals surface area contributed by atoms with E-state index in [1.165, 1.54) is 0 Å². The molecule has 0 bridgehead atoms. The number of hydrogen-bond acceptors (Lipinski definition) is 8. The SMILES string of the molecule is O=C(C1CCOCC1)N1CC2(C1)C(c1nc(-c3ccncc3)no1)CCS2(=O)=O. The summed E-state index contributed by atoms with van der Waals surface area (Å²) in [4.78, 5) is 22.9. The normalized spacial score (nSPS) is 25.8. The van der Waals surface area contributed by atoms with Gasteiger partial charge in [0.2, 0.25) is 17.6 Å². The number of nitrogens with zero attached hydrogens (tertiary/aromatic N) is 4. The van der Waals surface area contributed by atoms with Gasteiger partial charge in [0, 0.05) is 50.2 Å². The van der Waals surface area contributed by atoms with E-state index in [-0.39, 0.29) is 30.7 Å². The number of amides is 1. The fourth-order valence-corrected chi connectivity index (χ4v) is 6.98. The third-order valence-electron chi connectivity index (χ3n) is 6.41. The van der Waals surface area contributed by atoms with Crippen LogP contribution in [0.25, 0.3) is 11.4 Å². The highest BCUT2D eigenvalue weighted by molar-refractivity contribution is 7.93. The summed E-state index contributed by atoms with van der Waals surface area (Å²) >= 11 is 0. The third kappa shape index (κ3) is 2.96. The highest BCUT2D eigenvalue weighted by atomic mass is 32.2. The minimum absolute atomic E-state index is 0.0304. The number of carbonyl (C=O) groups excluding carboxylic acids is 1. The Morgan fingerprint density at radius 1 is 1.14 bits per heavy atom. The Labute approximate surface area is 168 Å². The summed E-state index contributed by atoms with van der Waals surface area (Å²) in [5.74, 6) is 0.374. The molecule has 10 heteroatoms. The van der Waals surface area contributed by atoms with E-state index in [1.54, 1.807) is 29.4 Å². The van der Waals surface area contributed by atoms with E-state index >= 15 is 0 Å². The number of hydrogen-bond donors (Lipinski definition) is 0. The Balaban J connectivity index is 1.38. The number of sulfone groups is 1. The molecule has 0 N–H and O–H groups in total. The molecule has 5 heterocycles. The van der Waals surface area contributed by atoms with Gasteiger partial charge in [0.1, 0.15) is 4.75 Å². The van der Waals surface area contributed by atoms with Gasteiger partial charge in [0.25, 0.3) is 0 Å². The largest absolute Gasteiger partial charge is 0.381 e. The Kier molecular flexibility index (Phi) is 4.43. The van der Waals surface area contributed by atoms with Crippen molar-refractivity contribution in [3.8, 4) is 11.4 Å². The van der Waals surface area contributed by atoms with Crippen LogP contribution in [0.5, 0.6) is 0 Å². The molecule has 0 saturated carbocycles. The lowest BCUT2D eigenvalue weighted by molar-refractivity contribution is -0.144. The van der Waals surface area contributed by atoms with Crippen LogP contribution in [-0.4, -0.2) is 71.2 Å². The quantitative estimate of drug-likeness (QED) is 0.726. The van der Waals surface area contributed by atoms with Crippen LogP contribution >= 0.6 is 0 Å². The van der Waals surface area contributed by atoms with E-state index in [2.05, 4.69) is 15.1 Å². The molecular weight excluding hydrogens is 396 g/mol. The van der Waals surface area contributed by atoms with E-state index in [0.717, 1.165) is 5.56 Å². The maximum atomic E-state index is 12.9. The van der Waals surface area contributed by atoms with E-state index in [0.29, 0.717) is 44.2 Å². The first kappa shape index (κ1) is 18.7. The molecule has 3 fully saturated rings. The molecule has 3 saturated heterocycles. The molecule has 1 amide bonds. The lowest BCUT2D eigenvalue weighted by atomic mass is 9.82. The van der Waals surface area contributed by atoms with Gasteiger partial charge in [-0.2, -0.15) is 4.98 Å². The zero-order valence-electron chi connectivity index (χ0n) is 15.9. The van der Waals surface area contributed by atoms with Crippen LogP contribution < -0.4 is 0 Å². The van der Waals surface area contributed by atoms with Gasteiger partial charge in [-0.3, -0.25) is 9.78 Å². The summed E-state index contributed by atoms with van der Waals surface area (Å²) in [6, 6.07) is 3.54. The van der Waals surface area contributed by atoms with Crippen molar-refractivity contribution in [1.29, 1.82) is 0 Å². The second kappa shape index (κ2) is 6.88. The van der Waals surface area contributed by atoms with E-state index in [1.807, 2.05) is 0 Å². The zero-order valence-corrected chi connectivity index (χ0v) is 16.7. The molecule has 0 radical (unpaired) electrons. The average molecular weight is 418 g/mol. The van der Waals surface area contributed by atoms with Gasteiger partial charge in [-0.25, -0.2) is 8.42 Å². The number of rotatable bonds is 3. The Hall–Kier alpha value is -2.33. The lowest BCUT2D eigenvalue weighted by Gasteiger charge is -2.50. The van der Waals surface area contributed by atoms with Crippen LogP contribution in [0.4, 0.5) is 0 Å². The predicted octanol–water partition coefficient (Wildman–Crippen LogP) is 1.04. The zero-order chi connectivity index (χ0) is 20.1. The fourth-order valence-electron chi connectivity index (χ4n) is 4.68. The summed E-state index contributed by atoms with van der Waals surface area (Å²) < 4.78 is 35.6. The van der Waals surface area contributed by atoms with Crippen LogP contribution in [0.3, 0.4) is 0 Å². The van der Waals surface area contributed by atoms with Crippen molar-refractivity contribution in [3.63, 3.8) is 0 Å². The molecule has 0 aliphatic carbocycles. The van der Waals surface area contributed by atoms with Crippen molar-refractivity contribution in [2.75, 3.05) is 32.1 Å². The van der Waals surface area contributed by atoms with Crippen LogP contribution in [0.15, 0.2) is 29.0 Å². The predicted molar refractivity (Wildman–Crippen MR) is 102 cm³/mol. The Morgan fingerprint density at radius 2 is 1.86 bits per heavy atom. The van der Waals surface area contributed by atoms with Gasteiger partial charge in [-0.05, 0) is 31.4 Å². The summed E-state index contributed by atoms with van der Waals surface area (Å²) in [6.07, 6.45) is 5.09. The highest BCUT2D eigenvalue weighted by Gasteiger charge is 2.64. The topological polar surface area (TPSA) is 115 Å². The maximum absolute atomic E-state index is 12.9. The molecule has 154 valence electrons. The van der Waals surface area contributed by atoms with Gasteiger partial charge in [-0.15, -0.1) is 0 Å². The number of aromatic nitrogens is 3. The van der Waals surface area contributed by atoms with Gasteiger partial charge in [0.15, 0.2) is 9.84 Å². The number of ether oxygens (including phenoxy) is 1. The highest BCUT2D eigenvalue weighted by Crippen LogP contribution is 2.50. The van der Waals surface area contributed by atoms with E-state index in [9.17, 15) is 13.2 Å². The summed E-state index contributed by atoms with van der Waals surface area (Å²) in [5, 5.41) is 4.03. The van der Waals surface area contributed by atoms with Crippen molar-refractivity contribution in [2.24, 2.45) is 5.92 Å². The molecule has 1 atom stereocenters. The maximum Gasteiger partial charge on any atom is 0.231 e. The fraction of sp³-hybridized carbons (Fsp3) is 0.579. The van der Waals surface area contributed by atoms with Crippen LogP contribution in [0.1, 0.15) is 31.1 Å². The molecule has 5 rings (SSSR count). The van der Waals surface area contributed by atoms with Gasteiger partial charge in [0.05, 0.1) is 11.7 Å². The molecule has 9 nitrogen and oxygen atoms in total. The van der Waals surface area contributed by atoms with Crippen molar-refractivity contribution in [2.45, 2.75) is 29.9 Å². The minimum atomic E-state index is -3.36. The van der Waals surface area contributed by atoms with Gasteiger partial charge < -0.3 is 14.2 Å². The molecule has 3 aliphatic heterocycles. The number of carbonyl (C=O) groups is 1. The molecular formula is C19H22N4O5S. The van der Waals surface area contributed by atoms with Crippen LogP contribution in [0, 0.1) is 5.92 Å². The van der Waals surface area contributed by atoms with Gasteiger partial charge >= 0.3 is 0 Å². The average Bonchev–Trinajstić information content (AvgIpc) is 3.30. The van der Waals surface area contributed by atoms with E-state index < -0.39 is 20.5 Å². The number of pyridine rings is 1. The summed E-state index contributed by atoms with van der Waals surface area (Å²) in [5.41, 5.74) is 0.759. The summed E-state index contributed by atoms with van der Waals surface area (Å²) in [6.45, 7) is 1.55. The smallest absolute Gasteiger partial charge is 0.231 e. The van der Waals surface area contributed by atoms with Crippen molar-refractivity contribution in [3.05, 3.63) is 30.4 Å². The molecule has 1 spiro atoms. The first-order chi connectivity index (χ1) is 14.0. The van der Waals surface area contributed by atoms with Gasteiger partial charge in [-0.1, -0.05) is 5.16 Å². The van der Waals surface area contributed by atoms with Crippen LogP contribution in [-0.2, 0) is 19.4 Å². The molecule has 1 unspecified atom stereocenters. The van der Waals surface area contributed by atoms with Crippen molar-refractivity contribution >= 4 is 15.7 Å². The van der Waals surface area contributed by atoms with Crippen molar-refractivity contribution < 1.29 is 22.5 Å². The molecule has 0 aromatic carbocycles. The van der Waals surface area contributed by atoms with Crippen molar-refractivity contribution in [1.82, 2.24) is 20.0 Å². The second-order valence-electron chi connectivity index (χ2n) is 8.00.